The Balaban J connectivity index is 3.57. The average Bonchev–Trinajstić information content (AvgIpc) is 3.06. The molecular formula is C42H80NO4+. The van der Waals surface area contributed by atoms with Crippen LogP contribution in [0.5, 0.6) is 0 Å². The van der Waals surface area contributed by atoms with E-state index in [1.54, 1.807) is 14.1 Å². The minimum atomic E-state index is -0.319. The lowest BCUT2D eigenvalue weighted by atomic mass is 10.1. The zero-order valence-corrected chi connectivity index (χ0v) is 32.0. The van der Waals surface area contributed by atoms with Crippen LogP contribution in [0.3, 0.4) is 0 Å². The molecule has 0 aliphatic rings. The molecule has 47 heavy (non-hydrogen) atoms. The molecule has 5 heteroatoms. The zero-order chi connectivity index (χ0) is 34.5. The monoisotopic (exact) mass is 663 g/mol. The number of imide groups is 1. The number of hydrogen-bond acceptors (Lipinski definition) is 4. The number of allylic oxidation sites excluding steroid dienone is 4. The zero-order valence-electron chi connectivity index (χ0n) is 32.0. The van der Waals surface area contributed by atoms with Gasteiger partial charge in [-0.25, -0.2) is 9.59 Å². The Morgan fingerprint density at radius 1 is 0.404 bits per heavy atom. The van der Waals surface area contributed by atoms with Gasteiger partial charge in [-0.1, -0.05) is 154 Å². The minimum Gasteiger partial charge on any atom is -0.367 e. The van der Waals surface area contributed by atoms with E-state index in [1.165, 1.54) is 154 Å². The molecule has 0 aromatic carbocycles. The van der Waals surface area contributed by atoms with Crippen LogP contribution >= 0.6 is 0 Å². The van der Waals surface area contributed by atoms with Crippen molar-refractivity contribution < 1.29 is 23.5 Å². The van der Waals surface area contributed by atoms with Crippen molar-refractivity contribution in [2.24, 2.45) is 0 Å². The first-order chi connectivity index (χ1) is 23.0. The quantitative estimate of drug-likeness (QED) is 0.0380. The fraction of sp³-hybridized carbons (Fsp3) is 0.857. The summed E-state index contributed by atoms with van der Waals surface area (Å²) in [6, 6.07) is 0. The highest BCUT2D eigenvalue weighted by Crippen LogP contribution is 2.12. The van der Waals surface area contributed by atoms with Crippen molar-refractivity contribution in [2.75, 3.05) is 40.5 Å². The number of amides is 2. The number of carbonyl (C=O) groups excluding carboxylic acids is 2. The molecule has 0 unspecified atom stereocenters. The van der Waals surface area contributed by atoms with Crippen LogP contribution in [0.2, 0.25) is 0 Å². The van der Waals surface area contributed by atoms with Gasteiger partial charge in [0, 0.05) is 13.2 Å². The van der Waals surface area contributed by atoms with Gasteiger partial charge >= 0.3 is 11.8 Å². The molecule has 0 saturated carbocycles. The average molecular weight is 663 g/mol. The molecule has 0 bridgehead atoms. The lowest BCUT2D eigenvalue weighted by Crippen LogP contribution is -2.53. The Morgan fingerprint density at radius 3 is 0.957 bits per heavy atom. The number of likely N-dealkylation sites (N-methyl/N-ethyl adjacent to an activating group) is 1. The minimum absolute atomic E-state index is 0.0151. The van der Waals surface area contributed by atoms with E-state index in [-0.39, 0.29) is 29.5 Å². The second-order valence-corrected chi connectivity index (χ2v) is 14.2. The van der Waals surface area contributed by atoms with Gasteiger partial charge in [0.05, 0.1) is 14.1 Å². The Morgan fingerprint density at radius 2 is 0.660 bits per heavy atom. The summed E-state index contributed by atoms with van der Waals surface area (Å²) in [7, 11) is 3.29. The van der Waals surface area contributed by atoms with Gasteiger partial charge < -0.3 is 9.47 Å². The number of quaternary nitrogens is 1. The van der Waals surface area contributed by atoms with Crippen molar-refractivity contribution in [3.8, 4) is 0 Å². The third kappa shape index (κ3) is 31.7. The van der Waals surface area contributed by atoms with E-state index in [0.29, 0.717) is 13.2 Å². The Labute approximate surface area is 293 Å². The molecule has 0 aromatic heterocycles. The third-order valence-electron chi connectivity index (χ3n) is 9.30. The lowest BCUT2D eigenvalue weighted by Gasteiger charge is -2.23. The van der Waals surface area contributed by atoms with Crippen LogP contribution in [0.1, 0.15) is 194 Å². The SMILES string of the molecule is CCCCCCCCC=CCCCCCCCCOCC(=O)[N+](C)(C)C(=O)COCCCCCCCCC=CCCCCCCCC. The molecule has 2 amide bonds. The number of carbonyl (C=O) groups is 2. The van der Waals surface area contributed by atoms with Crippen molar-refractivity contribution in [1.82, 2.24) is 0 Å². The molecule has 0 aliphatic carbocycles. The maximum atomic E-state index is 12.6. The van der Waals surface area contributed by atoms with Gasteiger partial charge in [-0.05, 0) is 64.2 Å². The molecule has 0 heterocycles. The van der Waals surface area contributed by atoms with Crippen molar-refractivity contribution in [2.45, 2.75) is 194 Å². The summed E-state index contributed by atoms with van der Waals surface area (Å²) in [5.41, 5.74) is 0. The predicted octanol–water partition coefficient (Wildman–Crippen LogP) is 12.2. The molecule has 276 valence electrons. The summed E-state index contributed by atoms with van der Waals surface area (Å²) in [5.74, 6) is -0.416. The molecule has 0 aromatic rings. The van der Waals surface area contributed by atoms with Gasteiger partial charge in [-0.15, -0.1) is 0 Å². The molecular weight excluding hydrogens is 582 g/mol. The van der Waals surface area contributed by atoms with Crippen LogP contribution in [-0.4, -0.2) is 56.8 Å². The topological polar surface area (TPSA) is 52.6 Å². The highest BCUT2D eigenvalue weighted by atomic mass is 16.5. The Hall–Kier alpha value is -1.30. The maximum Gasteiger partial charge on any atom is 0.346 e. The van der Waals surface area contributed by atoms with E-state index in [4.69, 9.17) is 9.47 Å². The van der Waals surface area contributed by atoms with Crippen molar-refractivity contribution >= 4 is 11.8 Å². The number of rotatable bonds is 36. The highest BCUT2D eigenvalue weighted by Gasteiger charge is 2.35. The van der Waals surface area contributed by atoms with Crippen LogP contribution in [0, 0.1) is 0 Å². The fourth-order valence-electron chi connectivity index (χ4n) is 5.68. The Kier molecular flexibility index (Phi) is 35.0. The molecule has 0 atom stereocenters. The van der Waals surface area contributed by atoms with Crippen molar-refractivity contribution in [3.63, 3.8) is 0 Å². The Bertz CT molecular complexity index is 685. The van der Waals surface area contributed by atoms with E-state index in [2.05, 4.69) is 38.2 Å². The van der Waals surface area contributed by atoms with E-state index in [9.17, 15) is 9.59 Å². The van der Waals surface area contributed by atoms with Crippen molar-refractivity contribution in [3.05, 3.63) is 24.3 Å². The third-order valence-corrected chi connectivity index (χ3v) is 9.30. The normalized spacial score (nSPS) is 12.2. The number of unbranched alkanes of at least 4 members (excludes halogenated alkanes) is 24. The molecule has 0 aliphatic heterocycles. The van der Waals surface area contributed by atoms with Gasteiger partial charge in [0.25, 0.3) is 0 Å². The maximum absolute atomic E-state index is 12.6. The van der Waals surface area contributed by atoms with Crippen LogP contribution in [0.15, 0.2) is 24.3 Å². The summed E-state index contributed by atoms with van der Waals surface area (Å²) in [5, 5.41) is 0. The van der Waals surface area contributed by atoms with Crippen LogP contribution in [0.25, 0.3) is 0 Å². The second kappa shape index (κ2) is 36.0. The van der Waals surface area contributed by atoms with Gasteiger partial charge in [0.2, 0.25) is 0 Å². The first-order valence-electron chi connectivity index (χ1n) is 20.3. The largest absolute Gasteiger partial charge is 0.367 e. The highest BCUT2D eigenvalue weighted by molar-refractivity contribution is 5.85. The van der Waals surface area contributed by atoms with Crippen molar-refractivity contribution in [1.29, 1.82) is 0 Å². The molecule has 0 spiro atoms. The summed E-state index contributed by atoms with van der Waals surface area (Å²) in [4.78, 5) is 25.3. The molecule has 0 fully saturated rings. The summed E-state index contributed by atoms with van der Waals surface area (Å²) in [6.45, 7) is 5.66. The molecule has 0 radical (unpaired) electrons. The smallest absolute Gasteiger partial charge is 0.346 e. The van der Waals surface area contributed by atoms with E-state index >= 15 is 0 Å². The van der Waals surface area contributed by atoms with Gasteiger partial charge in [0.15, 0.2) is 13.2 Å². The number of hydrogen-bond donors (Lipinski definition) is 0. The van der Waals surface area contributed by atoms with Crippen LogP contribution in [-0.2, 0) is 19.1 Å². The predicted molar refractivity (Wildman–Crippen MR) is 203 cm³/mol. The summed E-state index contributed by atoms with van der Waals surface area (Å²) < 4.78 is 10.9. The van der Waals surface area contributed by atoms with Gasteiger partial charge in [-0.3, -0.25) is 0 Å². The first kappa shape index (κ1) is 45.7. The molecule has 5 nitrogen and oxygen atoms in total. The fourth-order valence-corrected chi connectivity index (χ4v) is 5.68. The molecule has 0 saturated heterocycles. The van der Waals surface area contributed by atoms with Gasteiger partial charge in [-0.2, -0.15) is 4.48 Å². The standard InChI is InChI=1S/C42H80NO4/c1-5-7-9-11-13-15-17-19-21-23-25-27-29-31-33-35-37-46-39-41(44)43(3,4)42(45)40-47-38-36-34-32-30-28-26-24-22-20-18-16-14-12-10-8-6-2/h19-22H,5-18,23-40H2,1-4H3/q+1. The van der Waals surface area contributed by atoms with Crippen LogP contribution in [0.4, 0.5) is 0 Å². The summed E-state index contributed by atoms with van der Waals surface area (Å²) >= 11 is 0. The molecule has 0 N–H and O–H groups in total. The number of ether oxygens (including phenoxy) is 2. The van der Waals surface area contributed by atoms with Crippen LogP contribution < -0.4 is 0 Å². The van der Waals surface area contributed by atoms with Gasteiger partial charge in [0.1, 0.15) is 0 Å². The van der Waals surface area contributed by atoms with E-state index in [0.717, 1.165) is 25.7 Å². The summed E-state index contributed by atoms with van der Waals surface area (Å²) in [6.07, 6.45) is 45.1. The number of nitrogens with zero attached hydrogens (tertiary/aromatic N) is 1. The van der Waals surface area contributed by atoms with E-state index < -0.39 is 0 Å². The molecule has 0 rings (SSSR count). The van der Waals surface area contributed by atoms with E-state index in [1.807, 2.05) is 0 Å². The first-order valence-corrected chi connectivity index (χ1v) is 20.3. The second-order valence-electron chi connectivity index (χ2n) is 14.2. The lowest BCUT2D eigenvalue weighted by molar-refractivity contribution is -0.736.